The van der Waals surface area contributed by atoms with E-state index in [9.17, 15) is 14.4 Å². The monoisotopic (exact) mass is 327 g/mol. The molecule has 1 aromatic heterocycles. The van der Waals surface area contributed by atoms with Crippen LogP contribution in [0.5, 0.6) is 0 Å². The van der Waals surface area contributed by atoms with Crippen molar-refractivity contribution in [1.29, 1.82) is 0 Å². The number of carbonyl (C=O) groups is 3. The zero-order valence-electron chi connectivity index (χ0n) is 12.8. The molecule has 1 aromatic rings. The molecule has 0 saturated heterocycles. The fourth-order valence-electron chi connectivity index (χ4n) is 1.89. The van der Waals surface area contributed by atoms with Gasteiger partial charge >= 0.3 is 5.97 Å². The highest BCUT2D eigenvalue weighted by Gasteiger charge is 2.11. The summed E-state index contributed by atoms with van der Waals surface area (Å²) in [7, 11) is 0. The molecule has 0 saturated carbocycles. The van der Waals surface area contributed by atoms with E-state index in [4.69, 9.17) is 5.11 Å². The van der Waals surface area contributed by atoms with Gasteiger partial charge in [-0.15, -0.1) is 11.3 Å². The first kappa shape index (κ1) is 18.1. The molecule has 0 radical (unpaired) electrons. The first-order valence-corrected chi connectivity index (χ1v) is 8.08. The summed E-state index contributed by atoms with van der Waals surface area (Å²) in [4.78, 5) is 39.7. The maximum Gasteiger partial charge on any atom is 0.355 e. The number of hydrogen-bond donors (Lipinski definition) is 2. The van der Waals surface area contributed by atoms with E-state index in [1.54, 1.807) is 4.90 Å². The SMILES string of the molecule is CCN(CC)C(=O)CCCC(=O)NCc1nc(C(=O)O)cs1. The van der Waals surface area contributed by atoms with Crippen LogP contribution in [0.25, 0.3) is 0 Å². The van der Waals surface area contributed by atoms with Crippen LogP contribution in [-0.4, -0.2) is 45.9 Å². The molecule has 0 unspecified atom stereocenters. The summed E-state index contributed by atoms with van der Waals surface area (Å²) in [5.74, 6) is -1.19. The van der Waals surface area contributed by atoms with E-state index in [0.29, 0.717) is 30.9 Å². The average molecular weight is 327 g/mol. The Morgan fingerprint density at radius 1 is 1.27 bits per heavy atom. The third kappa shape index (κ3) is 5.80. The molecule has 1 rings (SSSR count). The molecule has 0 aromatic carbocycles. The number of carboxylic acids is 1. The molecular weight excluding hydrogens is 306 g/mol. The molecule has 8 heteroatoms. The Kier molecular flexibility index (Phi) is 7.51. The zero-order valence-corrected chi connectivity index (χ0v) is 13.6. The molecule has 7 nitrogen and oxygen atoms in total. The summed E-state index contributed by atoms with van der Waals surface area (Å²) in [5, 5.41) is 13.4. The van der Waals surface area contributed by atoms with Gasteiger partial charge in [0.25, 0.3) is 0 Å². The van der Waals surface area contributed by atoms with Gasteiger partial charge in [0.05, 0.1) is 6.54 Å². The fourth-order valence-corrected chi connectivity index (χ4v) is 2.60. The number of nitrogens with zero attached hydrogens (tertiary/aromatic N) is 2. The normalized spacial score (nSPS) is 10.3. The number of aromatic nitrogens is 1. The van der Waals surface area contributed by atoms with E-state index in [2.05, 4.69) is 10.3 Å². The second-order valence-corrected chi connectivity index (χ2v) is 5.57. The second-order valence-electron chi connectivity index (χ2n) is 4.63. The quantitative estimate of drug-likeness (QED) is 0.716. The van der Waals surface area contributed by atoms with Gasteiger partial charge in [0.2, 0.25) is 11.8 Å². The molecule has 1 heterocycles. The van der Waals surface area contributed by atoms with Crippen molar-refractivity contribution in [1.82, 2.24) is 15.2 Å². The van der Waals surface area contributed by atoms with Gasteiger partial charge in [-0.1, -0.05) is 0 Å². The topological polar surface area (TPSA) is 99.6 Å². The summed E-state index contributed by atoms with van der Waals surface area (Å²) >= 11 is 1.19. The number of nitrogens with one attached hydrogen (secondary N) is 1. The third-order valence-corrected chi connectivity index (χ3v) is 3.97. The number of hydrogen-bond acceptors (Lipinski definition) is 5. The molecule has 22 heavy (non-hydrogen) atoms. The first-order chi connectivity index (χ1) is 10.5. The number of rotatable bonds is 9. The van der Waals surface area contributed by atoms with Crippen molar-refractivity contribution >= 4 is 29.1 Å². The van der Waals surface area contributed by atoms with Gasteiger partial charge < -0.3 is 15.3 Å². The van der Waals surface area contributed by atoms with Crippen molar-refractivity contribution in [3.63, 3.8) is 0 Å². The van der Waals surface area contributed by atoms with Gasteiger partial charge in [-0.3, -0.25) is 9.59 Å². The Bertz CT molecular complexity index is 526. The summed E-state index contributed by atoms with van der Waals surface area (Å²) in [6.07, 6.45) is 1.12. The van der Waals surface area contributed by atoms with Crippen LogP contribution in [0.3, 0.4) is 0 Å². The molecule has 2 amide bonds. The lowest BCUT2D eigenvalue weighted by atomic mass is 10.2. The lowest BCUT2D eigenvalue weighted by Crippen LogP contribution is -2.30. The van der Waals surface area contributed by atoms with Crippen molar-refractivity contribution in [3.8, 4) is 0 Å². The van der Waals surface area contributed by atoms with E-state index >= 15 is 0 Å². The molecule has 2 N–H and O–H groups in total. The molecule has 122 valence electrons. The van der Waals surface area contributed by atoms with Crippen LogP contribution in [0, 0.1) is 0 Å². The Balaban J connectivity index is 2.26. The van der Waals surface area contributed by atoms with Gasteiger partial charge in [0.15, 0.2) is 5.69 Å². The Labute approximate surface area is 133 Å². The van der Waals surface area contributed by atoms with Gasteiger partial charge in [0.1, 0.15) is 5.01 Å². The van der Waals surface area contributed by atoms with E-state index < -0.39 is 5.97 Å². The van der Waals surface area contributed by atoms with Crippen LogP contribution in [0.1, 0.15) is 48.6 Å². The zero-order chi connectivity index (χ0) is 16.5. The van der Waals surface area contributed by atoms with E-state index in [-0.39, 0.29) is 30.5 Å². The van der Waals surface area contributed by atoms with Crippen LogP contribution in [0.4, 0.5) is 0 Å². The lowest BCUT2D eigenvalue weighted by Gasteiger charge is -2.18. The highest BCUT2D eigenvalue weighted by atomic mass is 32.1. The smallest absolute Gasteiger partial charge is 0.355 e. The molecule has 0 aliphatic rings. The second kappa shape index (κ2) is 9.14. The number of amides is 2. The standard InChI is InChI=1S/C14H21N3O4S/c1-3-17(4-2)13(19)7-5-6-11(18)15-8-12-16-10(9-22-12)14(20)21/h9H,3-8H2,1-2H3,(H,15,18)(H,20,21). The average Bonchev–Trinajstić information content (AvgIpc) is 2.95. The van der Waals surface area contributed by atoms with Gasteiger partial charge in [-0.05, 0) is 20.3 Å². The predicted molar refractivity (Wildman–Crippen MR) is 82.7 cm³/mol. The predicted octanol–water partition coefficient (Wildman–Crippen LogP) is 1.50. The minimum atomic E-state index is -1.08. The molecule has 0 aliphatic heterocycles. The van der Waals surface area contributed by atoms with Gasteiger partial charge in [-0.25, -0.2) is 9.78 Å². The van der Waals surface area contributed by atoms with E-state index in [0.717, 1.165) is 0 Å². The summed E-state index contributed by atoms with van der Waals surface area (Å²) in [6, 6.07) is 0. The van der Waals surface area contributed by atoms with E-state index in [1.165, 1.54) is 16.7 Å². The van der Waals surface area contributed by atoms with Crippen molar-refractivity contribution in [2.75, 3.05) is 13.1 Å². The van der Waals surface area contributed by atoms with Crippen LogP contribution in [0.15, 0.2) is 5.38 Å². The summed E-state index contributed by atoms with van der Waals surface area (Å²) in [5.41, 5.74) is -0.0148. The number of aromatic carboxylic acids is 1. The highest BCUT2D eigenvalue weighted by Crippen LogP contribution is 2.09. The third-order valence-electron chi connectivity index (χ3n) is 3.12. The molecule has 0 bridgehead atoms. The molecule has 0 spiro atoms. The van der Waals surface area contributed by atoms with Crippen molar-refractivity contribution < 1.29 is 19.5 Å². The summed E-state index contributed by atoms with van der Waals surface area (Å²) in [6.45, 7) is 5.41. The minimum absolute atomic E-state index is 0.0148. The lowest BCUT2D eigenvalue weighted by molar-refractivity contribution is -0.131. The first-order valence-electron chi connectivity index (χ1n) is 7.20. The van der Waals surface area contributed by atoms with Crippen molar-refractivity contribution in [2.45, 2.75) is 39.7 Å². The van der Waals surface area contributed by atoms with Crippen LogP contribution < -0.4 is 5.32 Å². The largest absolute Gasteiger partial charge is 0.476 e. The molecule has 0 aliphatic carbocycles. The maximum atomic E-state index is 11.8. The number of carbonyl (C=O) groups excluding carboxylic acids is 2. The summed E-state index contributed by atoms with van der Waals surface area (Å²) < 4.78 is 0. The number of thiazole rings is 1. The van der Waals surface area contributed by atoms with E-state index in [1.807, 2.05) is 13.8 Å². The van der Waals surface area contributed by atoms with Crippen molar-refractivity contribution in [3.05, 3.63) is 16.1 Å². The Morgan fingerprint density at radius 3 is 2.50 bits per heavy atom. The highest BCUT2D eigenvalue weighted by molar-refractivity contribution is 7.09. The number of carboxylic acid groups (broad SMARTS) is 1. The van der Waals surface area contributed by atoms with Crippen molar-refractivity contribution in [2.24, 2.45) is 0 Å². The Hall–Kier alpha value is -1.96. The Morgan fingerprint density at radius 2 is 1.95 bits per heavy atom. The molecule has 0 atom stereocenters. The molecule has 0 fully saturated rings. The maximum absolute atomic E-state index is 11.8. The van der Waals surface area contributed by atoms with Gasteiger partial charge in [0, 0.05) is 31.3 Å². The molecular formula is C14H21N3O4S. The fraction of sp³-hybridized carbons (Fsp3) is 0.571. The van der Waals surface area contributed by atoms with Gasteiger partial charge in [-0.2, -0.15) is 0 Å². The van der Waals surface area contributed by atoms with Crippen LogP contribution in [-0.2, 0) is 16.1 Å². The minimum Gasteiger partial charge on any atom is -0.476 e. The van der Waals surface area contributed by atoms with Crippen LogP contribution in [0.2, 0.25) is 0 Å². The van der Waals surface area contributed by atoms with Crippen LogP contribution >= 0.6 is 11.3 Å².